The van der Waals surface area contributed by atoms with Crippen LogP contribution in [0.5, 0.6) is 0 Å². The van der Waals surface area contributed by atoms with Crippen molar-refractivity contribution in [2.75, 3.05) is 6.54 Å². The summed E-state index contributed by atoms with van der Waals surface area (Å²) in [5, 5.41) is 6.42. The van der Waals surface area contributed by atoms with Crippen LogP contribution < -0.4 is 16.4 Å². The smallest absolute Gasteiger partial charge is 0.243 e. The Morgan fingerprint density at radius 3 is 2.67 bits per heavy atom. The maximum absolute atomic E-state index is 12.7. The van der Waals surface area contributed by atoms with Crippen molar-refractivity contribution in [2.24, 2.45) is 11.7 Å². The lowest BCUT2D eigenvalue weighted by Crippen LogP contribution is -2.52. The van der Waals surface area contributed by atoms with Gasteiger partial charge in [0.2, 0.25) is 12.3 Å². The third-order valence-corrected chi connectivity index (χ3v) is 6.04. The summed E-state index contributed by atoms with van der Waals surface area (Å²) < 4.78 is 1.10. The van der Waals surface area contributed by atoms with E-state index in [1.165, 1.54) is 5.56 Å². The topological polar surface area (TPSA) is 97.1 Å². The number of hydrogen-bond acceptors (Lipinski definition) is 5. The quantitative estimate of drug-likeness (QED) is 0.543. The Labute approximate surface area is 164 Å². The molecule has 7 heteroatoms. The van der Waals surface area contributed by atoms with Crippen LogP contribution in [-0.4, -0.2) is 35.9 Å². The number of nitrogens with one attached hydrogen (secondary N) is 2. The first-order chi connectivity index (χ1) is 12.9. The summed E-state index contributed by atoms with van der Waals surface area (Å²) in [5.74, 6) is 0.497. The first kappa shape index (κ1) is 21.3. The summed E-state index contributed by atoms with van der Waals surface area (Å²) in [6.07, 6.45) is 1.85. The van der Waals surface area contributed by atoms with Gasteiger partial charge in [0.15, 0.2) is 0 Å². The fourth-order valence-electron chi connectivity index (χ4n) is 2.92. The highest BCUT2D eigenvalue weighted by Gasteiger charge is 2.24. The fourth-order valence-corrected chi connectivity index (χ4v) is 3.98. The number of nitrogens with zero attached hydrogens (tertiary/aromatic N) is 1. The summed E-state index contributed by atoms with van der Waals surface area (Å²) in [4.78, 5) is 28.3. The molecule has 148 valence electrons. The predicted octanol–water partition coefficient (Wildman–Crippen LogP) is 2.57. The maximum Gasteiger partial charge on any atom is 0.243 e. The van der Waals surface area contributed by atoms with Gasteiger partial charge in [-0.15, -0.1) is 11.3 Å². The van der Waals surface area contributed by atoms with Crippen LogP contribution in [-0.2, 0) is 16.0 Å². The largest absolute Gasteiger partial charge is 0.350 e. The molecule has 0 saturated heterocycles. The van der Waals surface area contributed by atoms with Crippen LogP contribution in [0.2, 0.25) is 0 Å². The second kappa shape index (κ2) is 9.80. The highest BCUT2D eigenvalue weighted by Crippen LogP contribution is 2.27. The minimum Gasteiger partial charge on any atom is -0.350 e. The number of thiazole rings is 1. The van der Waals surface area contributed by atoms with Gasteiger partial charge in [-0.05, 0) is 29.5 Å². The molecule has 4 N–H and O–H groups in total. The van der Waals surface area contributed by atoms with Crippen molar-refractivity contribution >= 4 is 33.9 Å². The molecule has 6 nitrogen and oxygen atoms in total. The van der Waals surface area contributed by atoms with Gasteiger partial charge in [-0.3, -0.25) is 9.59 Å². The highest BCUT2D eigenvalue weighted by molar-refractivity contribution is 7.18. The van der Waals surface area contributed by atoms with E-state index in [4.69, 9.17) is 5.73 Å². The Hall–Kier alpha value is -1.99. The van der Waals surface area contributed by atoms with E-state index in [2.05, 4.69) is 55.4 Å². The summed E-state index contributed by atoms with van der Waals surface area (Å²) in [5.41, 5.74) is 7.98. The number of carbonyl (C=O) groups excluding carboxylic acids is 2. The second-order valence-corrected chi connectivity index (χ2v) is 8.38. The van der Waals surface area contributed by atoms with Crippen LogP contribution >= 0.6 is 11.3 Å². The standard InChI is InChI=1S/C20H30N4O2S/c1-5-13(4)17(10-21)24-20(26)16(22-11-25)9-19-23-15-7-6-14(12(2)3)8-18(15)27-19/h6-8,11-13,16-17H,5,9-10,21H2,1-4H3,(H,22,25)(H,24,26). The summed E-state index contributed by atoms with van der Waals surface area (Å²) in [6.45, 7) is 8.80. The van der Waals surface area contributed by atoms with Gasteiger partial charge in [-0.1, -0.05) is 40.2 Å². The summed E-state index contributed by atoms with van der Waals surface area (Å²) in [7, 11) is 0. The van der Waals surface area contributed by atoms with Crippen molar-refractivity contribution < 1.29 is 9.59 Å². The molecular weight excluding hydrogens is 360 g/mol. The number of amides is 2. The summed E-state index contributed by atoms with van der Waals surface area (Å²) in [6, 6.07) is 5.48. The maximum atomic E-state index is 12.7. The Balaban J connectivity index is 2.16. The predicted molar refractivity (Wildman–Crippen MR) is 111 cm³/mol. The molecule has 0 saturated carbocycles. The van der Waals surface area contributed by atoms with E-state index in [1.807, 2.05) is 6.07 Å². The van der Waals surface area contributed by atoms with Crippen LogP contribution in [0.4, 0.5) is 0 Å². The highest BCUT2D eigenvalue weighted by atomic mass is 32.1. The van der Waals surface area contributed by atoms with Crippen LogP contribution in [0.25, 0.3) is 10.2 Å². The molecule has 1 aromatic carbocycles. The fraction of sp³-hybridized carbons (Fsp3) is 0.550. The van der Waals surface area contributed by atoms with E-state index < -0.39 is 6.04 Å². The molecule has 0 spiro atoms. The van der Waals surface area contributed by atoms with Crippen molar-refractivity contribution in [1.29, 1.82) is 0 Å². The second-order valence-electron chi connectivity index (χ2n) is 7.27. The molecule has 0 bridgehead atoms. The van der Waals surface area contributed by atoms with E-state index >= 15 is 0 Å². The zero-order valence-electron chi connectivity index (χ0n) is 16.5. The van der Waals surface area contributed by atoms with Crippen molar-refractivity contribution in [3.8, 4) is 0 Å². The number of benzene rings is 1. The zero-order valence-corrected chi connectivity index (χ0v) is 17.3. The lowest BCUT2D eigenvalue weighted by atomic mass is 9.99. The molecule has 2 aromatic rings. The van der Waals surface area contributed by atoms with Crippen LogP contribution in [0, 0.1) is 5.92 Å². The monoisotopic (exact) mass is 390 g/mol. The Bertz CT molecular complexity index is 774. The lowest BCUT2D eigenvalue weighted by Gasteiger charge is -2.25. The van der Waals surface area contributed by atoms with Gasteiger partial charge >= 0.3 is 0 Å². The summed E-state index contributed by atoms with van der Waals surface area (Å²) >= 11 is 1.56. The third-order valence-electron chi connectivity index (χ3n) is 5.00. The first-order valence-electron chi connectivity index (χ1n) is 9.49. The molecule has 2 amide bonds. The van der Waals surface area contributed by atoms with Crippen molar-refractivity contribution in [2.45, 2.75) is 58.5 Å². The molecule has 1 heterocycles. The minimum absolute atomic E-state index is 0.109. The lowest BCUT2D eigenvalue weighted by molar-refractivity contribution is -0.126. The average Bonchev–Trinajstić information content (AvgIpc) is 3.06. The Morgan fingerprint density at radius 1 is 1.33 bits per heavy atom. The van der Waals surface area contributed by atoms with Crippen molar-refractivity contribution in [3.63, 3.8) is 0 Å². The van der Waals surface area contributed by atoms with E-state index in [1.54, 1.807) is 11.3 Å². The molecule has 27 heavy (non-hydrogen) atoms. The van der Waals surface area contributed by atoms with E-state index in [-0.39, 0.29) is 17.9 Å². The van der Waals surface area contributed by atoms with Crippen LogP contribution in [0.3, 0.4) is 0 Å². The minimum atomic E-state index is -0.661. The molecule has 2 rings (SSSR count). The molecule has 1 aromatic heterocycles. The number of aromatic nitrogens is 1. The van der Waals surface area contributed by atoms with Gasteiger partial charge < -0.3 is 16.4 Å². The van der Waals surface area contributed by atoms with Crippen molar-refractivity contribution in [1.82, 2.24) is 15.6 Å². The first-order valence-corrected chi connectivity index (χ1v) is 10.3. The number of nitrogens with two attached hydrogens (primary N) is 1. The number of rotatable bonds is 10. The van der Waals surface area contributed by atoms with E-state index in [9.17, 15) is 9.59 Å². The van der Waals surface area contributed by atoms with Crippen LogP contribution in [0.1, 0.15) is 50.6 Å². The number of fused-ring (bicyclic) bond motifs is 1. The van der Waals surface area contributed by atoms with E-state index in [0.717, 1.165) is 21.6 Å². The molecule has 3 unspecified atom stereocenters. The zero-order chi connectivity index (χ0) is 20.0. The van der Waals surface area contributed by atoms with Gasteiger partial charge in [0.1, 0.15) is 6.04 Å². The van der Waals surface area contributed by atoms with Gasteiger partial charge in [0.25, 0.3) is 0 Å². The van der Waals surface area contributed by atoms with Gasteiger partial charge in [-0.2, -0.15) is 0 Å². The third kappa shape index (κ3) is 5.49. The molecule has 0 aliphatic heterocycles. The molecular formula is C20H30N4O2S. The van der Waals surface area contributed by atoms with E-state index in [0.29, 0.717) is 25.3 Å². The number of hydrogen-bond donors (Lipinski definition) is 3. The normalized spacial score (nSPS) is 14.7. The van der Waals surface area contributed by atoms with Gasteiger partial charge in [-0.25, -0.2) is 4.98 Å². The number of carbonyl (C=O) groups is 2. The van der Waals surface area contributed by atoms with Gasteiger partial charge in [0.05, 0.1) is 15.2 Å². The SMILES string of the molecule is CCC(C)C(CN)NC(=O)C(Cc1nc2ccc(C(C)C)cc2s1)NC=O. The molecule has 0 aliphatic rings. The molecule has 3 atom stereocenters. The Morgan fingerprint density at radius 2 is 2.07 bits per heavy atom. The van der Waals surface area contributed by atoms with Gasteiger partial charge in [0, 0.05) is 19.0 Å². The van der Waals surface area contributed by atoms with Crippen molar-refractivity contribution in [3.05, 3.63) is 28.8 Å². The Kier molecular flexibility index (Phi) is 7.74. The molecule has 0 fully saturated rings. The average molecular weight is 391 g/mol. The molecule has 0 aliphatic carbocycles. The molecule has 0 radical (unpaired) electrons. The van der Waals surface area contributed by atoms with Crippen LogP contribution in [0.15, 0.2) is 18.2 Å².